The SMILES string of the molecule is CC(C)(C)OC(=O)N(CC(O)O)CC(CCO[Si](C)(C)C(C)(C)C)c1ccccc1. The third kappa shape index (κ3) is 9.16. The zero-order valence-corrected chi connectivity index (χ0v) is 20.9. The summed E-state index contributed by atoms with van der Waals surface area (Å²) in [5, 5.41) is 19.1. The van der Waals surface area contributed by atoms with Gasteiger partial charge in [-0.05, 0) is 50.9 Å². The van der Waals surface area contributed by atoms with Crippen LogP contribution >= 0.6 is 0 Å². The van der Waals surface area contributed by atoms with E-state index in [0.717, 1.165) is 12.0 Å². The first-order valence-electron chi connectivity index (χ1n) is 10.7. The van der Waals surface area contributed by atoms with E-state index in [0.29, 0.717) is 13.2 Å². The first-order valence-corrected chi connectivity index (χ1v) is 13.6. The minimum Gasteiger partial charge on any atom is -0.444 e. The third-order valence-electron chi connectivity index (χ3n) is 5.48. The highest BCUT2D eigenvalue weighted by atomic mass is 28.4. The Hall–Kier alpha value is -1.41. The predicted octanol–water partition coefficient (Wildman–Crippen LogP) is 4.73. The molecule has 7 heteroatoms. The average Bonchev–Trinajstić information content (AvgIpc) is 2.57. The van der Waals surface area contributed by atoms with Crippen LogP contribution in [0.25, 0.3) is 0 Å². The molecule has 1 atom stereocenters. The van der Waals surface area contributed by atoms with Gasteiger partial charge >= 0.3 is 6.09 Å². The maximum atomic E-state index is 12.7. The number of aliphatic hydroxyl groups is 2. The smallest absolute Gasteiger partial charge is 0.410 e. The molecule has 1 unspecified atom stereocenters. The molecule has 0 spiro atoms. The van der Waals surface area contributed by atoms with Gasteiger partial charge < -0.3 is 24.3 Å². The Labute approximate surface area is 183 Å². The summed E-state index contributed by atoms with van der Waals surface area (Å²) in [5.41, 5.74) is 0.418. The number of hydrogen-bond acceptors (Lipinski definition) is 5. The summed E-state index contributed by atoms with van der Waals surface area (Å²) in [6.07, 6.45) is -1.46. The Bertz CT molecular complexity index is 650. The molecule has 1 aromatic rings. The Morgan fingerprint density at radius 3 is 2.07 bits per heavy atom. The van der Waals surface area contributed by atoms with E-state index in [1.165, 1.54) is 4.90 Å². The second-order valence-corrected chi connectivity index (χ2v) is 15.2. The van der Waals surface area contributed by atoms with Crippen molar-refractivity contribution in [2.75, 3.05) is 19.7 Å². The van der Waals surface area contributed by atoms with Crippen LogP contribution in [0.2, 0.25) is 18.1 Å². The number of aliphatic hydroxyl groups excluding tert-OH is 1. The third-order valence-corrected chi connectivity index (χ3v) is 10.0. The van der Waals surface area contributed by atoms with Gasteiger partial charge in [-0.25, -0.2) is 4.79 Å². The predicted molar refractivity (Wildman–Crippen MR) is 123 cm³/mol. The van der Waals surface area contributed by atoms with E-state index in [4.69, 9.17) is 9.16 Å². The lowest BCUT2D eigenvalue weighted by molar-refractivity contribution is -0.0659. The lowest BCUT2D eigenvalue weighted by Crippen LogP contribution is -2.44. The molecule has 1 amide bonds. The number of carbonyl (C=O) groups is 1. The van der Waals surface area contributed by atoms with Crippen LogP contribution in [-0.4, -0.2) is 61.1 Å². The number of benzene rings is 1. The van der Waals surface area contributed by atoms with Crippen LogP contribution in [-0.2, 0) is 9.16 Å². The van der Waals surface area contributed by atoms with Gasteiger partial charge in [0.25, 0.3) is 0 Å². The molecular weight excluding hydrogens is 398 g/mol. The molecule has 0 saturated heterocycles. The molecule has 0 fully saturated rings. The van der Waals surface area contributed by atoms with Crippen molar-refractivity contribution in [3.05, 3.63) is 35.9 Å². The Balaban J connectivity index is 2.99. The lowest BCUT2D eigenvalue weighted by atomic mass is 9.95. The minimum absolute atomic E-state index is 0.0118. The molecule has 0 aliphatic heterocycles. The number of hydrogen-bond donors (Lipinski definition) is 2. The van der Waals surface area contributed by atoms with Gasteiger partial charge in [-0.15, -0.1) is 0 Å². The zero-order valence-electron chi connectivity index (χ0n) is 19.9. The van der Waals surface area contributed by atoms with Gasteiger partial charge in [-0.2, -0.15) is 0 Å². The molecule has 0 radical (unpaired) electrons. The minimum atomic E-state index is -1.88. The van der Waals surface area contributed by atoms with Crippen molar-refractivity contribution in [3.63, 3.8) is 0 Å². The Morgan fingerprint density at radius 1 is 1.03 bits per heavy atom. The van der Waals surface area contributed by atoms with Crippen molar-refractivity contribution in [3.8, 4) is 0 Å². The average molecular weight is 440 g/mol. The highest BCUT2D eigenvalue weighted by Gasteiger charge is 2.37. The Kier molecular flexibility index (Phi) is 9.54. The summed E-state index contributed by atoms with van der Waals surface area (Å²) in [6.45, 7) is 17.1. The summed E-state index contributed by atoms with van der Waals surface area (Å²) in [6, 6.07) is 9.94. The van der Waals surface area contributed by atoms with E-state index < -0.39 is 26.3 Å². The molecule has 30 heavy (non-hydrogen) atoms. The summed E-state index contributed by atoms with van der Waals surface area (Å²) in [7, 11) is -1.88. The van der Waals surface area contributed by atoms with E-state index in [9.17, 15) is 15.0 Å². The maximum absolute atomic E-state index is 12.7. The van der Waals surface area contributed by atoms with Crippen molar-refractivity contribution >= 4 is 14.4 Å². The van der Waals surface area contributed by atoms with Crippen LogP contribution in [0, 0.1) is 0 Å². The van der Waals surface area contributed by atoms with Gasteiger partial charge in [-0.1, -0.05) is 51.1 Å². The van der Waals surface area contributed by atoms with Crippen molar-refractivity contribution in [2.24, 2.45) is 0 Å². The van der Waals surface area contributed by atoms with Crippen LogP contribution < -0.4 is 0 Å². The van der Waals surface area contributed by atoms with Crippen LogP contribution in [0.1, 0.15) is 59.4 Å². The van der Waals surface area contributed by atoms with E-state index in [2.05, 4.69) is 33.9 Å². The van der Waals surface area contributed by atoms with Crippen molar-refractivity contribution < 1.29 is 24.2 Å². The first-order chi connectivity index (χ1) is 13.6. The van der Waals surface area contributed by atoms with Crippen molar-refractivity contribution in [2.45, 2.75) is 83.9 Å². The summed E-state index contributed by atoms with van der Waals surface area (Å²) >= 11 is 0. The van der Waals surface area contributed by atoms with Gasteiger partial charge in [0.15, 0.2) is 14.6 Å². The number of ether oxygens (including phenoxy) is 1. The second kappa shape index (κ2) is 10.8. The highest BCUT2D eigenvalue weighted by molar-refractivity contribution is 6.74. The standard InChI is InChI=1S/C23H41NO5Si/c1-22(2,3)29-21(27)24(17-20(25)26)16-19(18-12-10-9-11-13-18)14-15-28-30(7,8)23(4,5)6/h9-13,19-20,25-26H,14-17H2,1-8H3. The number of nitrogens with zero attached hydrogens (tertiary/aromatic N) is 1. The second-order valence-electron chi connectivity index (χ2n) is 10.4. The largest absolute Gasteiger partial charge is 0.444 e. The fourth-order valence-corrected chi connectivity index (χ4v) is 3.84. The van der Waals surface area contributed by atoms with E-state index in [1.807, 2.05) is 30.3 Å². The van der Waals surface area contributed by atoms with E-state index >= 15 is 0 Å². The molecule has 0 aliphatic rings. The highest BCUT2D eigenvalue weighted by Crippen LogP contribution is 2.37. The van der Waals surface area contributed by atoms with Crippen molar-refractivity contribution in [1.29, 1.82) is 0 Å². The topological polar surface area (TPSA) is 79.2 Å². The molecule has 2 N–H and O–H groups in total. The van der Waals surface area contributed by atoms with Gasteiger partial charge in [0.05, 0.1) is 6.54 Å². The van der Waals surface area contributed by atoms with Crippen molar-refractivity contribution in [1.82, 2.24) is 4.90 Å². The fraction of sp³-hybridized carbons (Fsp3) is 0.696. The summed E-state index contributed by atoms with van der Waals surface area (Å²) < 4.78 is 11.8. The van der Waals surface area contributed by atoms with Gasteiger partial charge in [0, 0.05) is 19.1 Å². The molecule has 0 saturated carbocycles. The van der Waals surface area contributed by atoms with E-state index in [-0.39, 0.29) is 17.5 Å². The van der Waals surface area contributed by atoms with Gasteiger partial charge in [0.2, 0.25) is 0 Å². The van der Waals surface area contributed by atoms with Gasteiger partial charge in [-0.3, -0.25) is 0 Å². The van der Waals surface area contributed by atoms with Crippen LogP contribution in [0.5, 0.6) is 0 Å². The van der Waals surface area contributed by atoms with Crippen LogP contribution in [0.15, 0.2) is 30.3 Å². The van der Waals surface area contributed by atoms with Crippen LogP contribution in [0.3, 0.4) is 0 Å². The molecule has 1 aromatic carbocycles. The molecule has 0 bridgehead atoms. The molecule has 0 aliphatic carbocycles. The molecular formula is C23H41NO5Si. The zero-order chi connectivity index (χ0) is 23.2. The number of rotatable bonds is 9. The quantitative estimate of drug-likeness (QED) is 0.429. The fourth-order valence-electron chi connectivity index (χ4n) is 2.77. The normalized spacial score (nSPS) is 14.0. The number of carbonyl (C=O) groups excluding carboxylic acids is 1. The monoisotopic (exact) mass is 439 g/mol. The number of amides is 1. The van der Waals surface area contributed by atoms with E-state index in [1.54, 1.807) is 20.8 Å². The maximum Gasteiger partial charge on any atom is 0.410 e. The molecule has 6 nitrogen and oxygen atoms in total. The Morgan fingerprint density at radius 2 is 1.60 bits per heavy atom. The first kappa shape index (κ1) is 26.6. The summed E-state index contributed by atoms with van der Waals surface area (Å²) in [5.74, 6) is -0.0118. The van der Waals surface area contributed by atoms with Gasteiger partial charge in [0.1, 0.15) is 5.60 Å². The molecule has 172 valence electrons. The molecule has 1 rings (SSSR count). The molecule has 0 aromatic heterocycles. The lowest BCUT2D eigenvalue weighted by Gasteiger charge is -2.37. The molecule has 0 heterocycles. The van der Waals surface area contributed by atoms with Crippen LogP contribution in [0.4, 0.5) is 4.79 Å². The summed E-state index contributed by atoms with van der Waals surface area (Å²) in [4.78, 5) is 14.1.